The van der Waals surface area contributed by atoms with E-state index in [1.54, 1.807) is 0 Å². The van der Waals surface area contributed by atoms with Gasteiger partial charge in [-0.2, -0.15) is 0 Å². The molecule has 0 spiro atoms. The second-order valence-electron chi connectivity index (χ2n) is 4.79. The molecule has 3 N–H and O–H groups in total. The number of rotatable bonds is 2. The van der Waals surface area contributed by atoms with Crippen LogP contribution in [0.2, 0.25) is 0 Å². The van der Waals surface area contributed by atoms with E-state index in [0.717, 1.165) is 30.0 Å². The van der Waals surface area contributed by atoms with Crippen LogP contribution < -0.4 is 11.1 Å². The van der Waals surface area contributed by atoms with Crippen molar-refractivity contribution in [3.8, 4) is 0 Å². The van der Waals surface area contributed by atoms with Gasteiger partial charge in [0.1, 0.15) is 11.6 Å². The Kier molecular flexibility index (Phi) is 2.94. The summed E-state index contributed by atoms with van der Waals surface area (Å²) in [4.78, 5) is 8.94. The number of aromatic nitrogens is 2. The first-order valence-corrected chi connectivity index (χ1v) is 6.28. The molecule has 0 aromatic carbocycles. The largest absolute Gasteiger partial charge is 0.383 e. The fraction of sp³-hybridized carbons (Fsp3) is 0.667. The fourth-order valence-corrected chi connectivity index (χ4v) is 2.54. The molecule has 92 valence electrons. The number of hydrogen-bond donors (Lipinski definition) is 2. The van der Waals surface area contributed by atoms with E-state index in [1.165, 1.54) is 19.3 Å². The quantitative estimate of drug-likeness (QED) is 0.791. The minimum Gasteiger partial charge on any atom is -0.383 e. The molecule has 0 saturated carbocycles. The Morgan fingerprint density at radius 1 is 1.29 bits per heavy atom. The average molecular weight is 234 g/mol. The average Bonchev–Trinajstić information content (AvgIpc) is 2.79. The van der Waals surface area contributed by atoms with Crippen molar-refractivity contribution in [1.29, 1.82) is 0 Å². The highest BCUT2D eigenvalue weighted by Crippen LogP contribution is 2.23. The van der Waals surface area contributed by atoms with Crippen molar-refractivity contribution in [1.82, 2.24) is 15.3 Å². The molecule has 1 saturated heterocycles. The summed E-state index contributed by atoms with van der Waals surface area (Å²) in [5, 5.41) is 3.50. The second kappa shape index (κ2) is 4.58. The maximum absolute atomic E-state index is 5.93. The smallest absolute Gasteiger partial charge is 0.133 e. The van der Waals surface area contributed by atoms with Gasteiger partial charge in [-0.3, -0.25) is 0 Å². The number of nitrogens with one attached hydrogen (secondary N) is 1. The minimum absolute atomic E-state index is 0.503. The number of nitrogens with two attached hydrogens (primary N) is 1. The van der Waals surface area contributed by atoms with Crippen LogP contribution in [0.15, 0.2) is 0 Å². The Morgan fingerprint density at radius 3 is 3.06 bits per heavy atom. The molecule has 0 aliphatic carbocycles. The first kappa shape index (κ1) is 10.9. The topological polar surface area (TPSA) is 73.1 Å². The second-order valence-corrected chi connectivity index (χ2v) is 4.79. The summed E-state index contributed by atoms with van der Waals surface area (Å²) in [7, 11) is 0. The molecule has 3 heterocycles. The van der Waals surface area contributed by atoms with Gasteiger partial charge in [-0.15, -0.1) is 0 Å². The van der Waals surface area contributed by atoms with Crippen molar-refractivity contribution >= 4 is 5.82 Å². The van der Waals surface area contributed by atoms with Gasteiger partial charge < -0.3 is 15.8 Å². The zero-order chi connectivity index (χ0) is 11.7. The van der Waals surface area contributed by atoms with Crippen LogP contribution in [-0.2, 0) is 24.4 Å². The van der Waals surface area contributed by atoms with Gasteiger partial charge in [-0.25, -0.2) is 9.97 Å². The summed E-state index contributed by atoms with van der Waals surface area (Å²) in [6.07, 6.45) is 4.65. The van der Waals surface area contributed by atoms with Crippen molar-refractivity contribution in [3.63, 3.8) is 0 Å². The lowest BCUT2D eigenvalue weighted by Crippen LogP contribution is -2.36. The molecular formula is C12H18N4O. The van der Waals surface area contributed by atoms with E-state index in [1.807, 2.05) is 0 Å². The Balaban J connectivity index is 1.76. The Bertz CT molecular complexity index is 415. The first-order valence-electron chi connectivity index (χ1n) is 6.28. The third kappa shape index (κ3) is 2.25. The molecule has 0 radical (unpaired) electrons. The third-order valence-corrected chi connectivity index (χ3v) is 3.50. The van der Waals surface area contributed by atoms with Gasteiger partial charge in [0.2, 0.25) is 0 Å². The van der Waals surface area contributed by atoms with Crippen LogP contribution >= 0.6 is 0 Å². The molecule has 3 rings (SSSR count). The fourth-order valence-electron chi connectivity index (χ4n) is 2.54. The maximum Gasteiger partial charge on any atom is 0.133 e. The predicted molar refractivity (Wildman–Crippen MR) is 64.3 cm³/mol. The van der Waals surface area contributed by atoms with Crippen LogP contribution in [0.3, 0.4) is 0 Å². The Hall–Kier alpha value is -1.20. The maximum atomic E-state index is 5.93. The highest BCUT2D eigenvalue weighted by molar-refractivity contribution is 5.43. The lowest BCUT2D eigenvalue weighted by Gasteiger charge is -2.22. The predicted octanol–water partition coefficient (Wildman–Crippen LogP) is 0.774. The molecule has 1 aromatic rings. The molecule has 0 bridgehead atoms. The van der Waals surface area contributed by atoms with Crippen LogP contribution in [0.4, 0.5) is 5.82 Å². The van der Waals surface area contributed by atoms with Gasteiger partial charge in [0, 0.05) is 18.0 Å². The molecular weight excluding hydrogens is 216 g/mol. The highest BCUT2D eigenvalue weighted by Gasteiger charge is 2.20. The van der Waals surface area contributed by atoms with E-state index < -0.39 is 0 Å². The van der Waals surface area contributed by atoms with E-state index in [4.69, 9.17) is 10.5 Å². The zero-order valence-electron chi connectivity index (χ0n) is 9.91. The van der Waals surface area contributed by atoms with E-state index in [2.05, 4.69) is 15.3 Å². The summed E-state index contributed by atoms with van der Waals surface area (Å²) in [5.41, 5.74) is 7.88. The number of fused-ring (bicyclic) bond motifs is 1. The molecule has 1 aromatic heterocycles. The van der Waals surface area contributed by atoms with Crippen LogP contribution in [0.5, 0.6) is 0 Å². The molecule has 5 heteroatoms. The zero-order valence-corrected chi connectivity index (χ0v) is 9.91. The van der Waals surface area contributed by atoms with Crippen molar-refractivity contribution in [2.45, 2.75) is 44.9 Å². The van der Waals surface area contributed by atoms with Crippen LogP contribution in [-0.4, -0.2) is 22.6 Å². The molecule has 1 unspecified atom stereocenters. The third-order valence-electron chi connectivity index (χ3n) is 3.50. The lowest BCUT2D eigenvalue weighted by atomic mass is 10.0. The monoisotopic (exact) mass is 234 g/mol. The standard InChI is InChI=1S/C12H18N4O/c13-12-9-6-17-7-10(9)15-11(16-12)5-8-3-1-2-4-14-8/h8,14H,1-7H2,(H2,13,15,16). The SMILES string of the molecule is Nc1nc(CC2CCCCN2)nc2c1COC2. The Labute approximate surface area is 101 Å². The van der Waals surface area contributed by atoms with E-state index >= 15 is 0 Å². The van der Waals surface area contributed by atoms with Gasteiger partial charge in [0.15, 0.2) is 0 Å². The van der Waals surface area contributed by atoms with Gasteiger partial charge in [-0.1, -0.05) is 6.42 Å². The first-order chi connectivity index (χ1) is 8.33. The molecule has 1 fully saturated rings. The van der Waals surface area contributed by atoms with Gasteiger partial charge >= 0.3 is 0 Å². The van der Waals surface area contributed by atoms with Gasteiger partial charge in [-0.05, 0) is 19.4 Å². The summed E-state index contributed by atoms with van der Waals surface area (Å²) < 4.78 is 5.34. The normalized spacial score (nSPS) is 23.6. The van der Waals surface area contributed by atoms with Gasteiger partial charge in [0.05, 0.1) is 18.9 Å². The minimum atomic E-state index is 0.503. The summed E-state index contributed by atoms with van der Waals surface area (Å²) in [5.74, 6) is 1.45. The molecule has 1 atom stereocenters. The molecule has 17 heavy (non-hydrogen) atoms. The van der Waals surface area contributed by atoms with Crippen LogP contribution in [0.25, 0.3) is 0 Å². The van der Waals surface area contributed by atoms with Crippen LogP contribution in [0, 0.1) is 0 Å². The van der Waals surface area contributed by atoms with Crippen molar-refractivity contribution in [3.05, 3.63) is 17.1 Å². The summed E-state index contributed by atoms with van der Waals surface area (Å²) in [6, 6.07) is 0.503. The molecule has 2 aliphatic rings. The molecule has 0 amide bonds. The molecule has 5 nitrogen and oxygen atoms in total. The van der Waals surface area contributed by atoms with Crippen molar-refractivity contribution in [2.24, 2.45) is 0 Å². The Morgan fingerprint density at radius 2 is 2.24 bits per heavy atom. The van der Waals surface area contributed by atoms with E-state index in [9.17, 15) is 0 Å². The number of ether oxygens (including phenoxy) is 1. The van der Waals surface area contributed by atoms with E-state index in [-0.39, 0.29) is 0 Å². The highest BCUT2D eigenvalue weighted by atomic mass is 16.5. The number of nitrogens with zero attached hydrogens (tertiary/aromatic N) is 2. The number of hydrogen-bond acceptors (Lipinski definition) is 5. The van der Waals surface area contributed by atoms with Crippen molar-refractivity contribution in [2.75, 3.05) is 12.3 Å². The van der Waals surface area contributed by atoms with E-state index in [0.29, 0.717) is 25.1 Å². The number of nitrogen functional groups attached to an aromatic ring is 1. The van der Waals surface area contributed by atoms with Crippen LogP contribution in [0.1, 0.15) is 36.3 Å². The summed E-state index contributed by atoms with van der Waals surface area (Å²) >= 11 is 0. The number of anilines is 1. The van der Waals surface area contributed by atoms with Crippen molar-refractivity contribution < 1.29 is 4.74 Å². The van der Waals surface area contributed by atoms with Gasteiger partial charge in [0.25, 0.3) is 0 Å². The lowest BCUT2D eigenvalue weighted by molar-refractivity contribution is 0.133. The summed E-state index contributed by atoms with van der Waals surface area (Å²) in [6.45, 7) is 2.24. The number of piperidine rings is 1. The molecule has 2 aliphatic heterocycles.